The zero-order valence-electron chi connectivity index (χ0n) is 6.51. The van der Waals surface area contributed by atoms with Crippen LogP contribution in [-0.4, -0.2) is 4.98 Å². The molecule has 0 aliphatic carbocycles. The highest BCUT2D eigenvalue weighted by atomic mass is 35.5. The highest BCUT2D eigenvalue weighted by Crippen LogP contribution is 2.35. The van der Waals surface area contributed by atoms with Crippen LogP contribution >= 0.6 is 34.8 Å². The minimum atomic E-state index is -0.0916. The Kier molecular flexibility index (Phi) is 2.28. The Morgan fingerprint density at radius 2 is 2.00 bits per heavy atom. The number of nitrogens with zero attached hydrogens (tertiary/aromatic N) is 2. The van der Waals surface area contributed by atoms with E-state index >= 15 is 0 Å². The third-order valence-electron chi connectivity index (χ3n) is 1.61. The molecule has 2 rings (SSSR count). The van der Waals surface area contributed by atoms with Crippen molar-refractivity contribution in [2.24, 2.45) is 0 Å². The van der Waals surface area contributed by atoms with Gasteiger partial charge in [-0.25, -0.2) is 0 Å². The van der Waals surface area contributed by atoms with Crippen LogP contribution in [0.25, 0.3) is 11.1 Å². The molecule has 1 heterocycles. The van der Waals surface area contributed by atoms with Crippen molar-refractivity contribution < 1.29 is 4.42 Å². The fraction of sp³-hybridized carbons (Fsp3) is 0. The lowest BCUT2D eigenvalue weighted by Gasteiger charge is -1.96. The van der Waals surface area contributed by atoms with E-state index < -0.39 is 0 Å². The van der Waals surface area contributed by atoms with Gasteiger partial charge in [0.2, 0.25) is 0 Å². The van der Waals surface area contributed by atoms with Crippen molar-refractivity contribution >= 4 is 45.9 Å². The molecule has 6 heteroatoms. The molecule has 3 nitrogen and oxygen atoms in total. The number of halogens is 3. The average molecular weight is 247 g/mol. The number of hydrogen-bond donors (Lipinski definition) is 0. The van der Waals surface area contributed by atoms with Crippen molar-refractivity contribution in [2.75, 3.05) is 0 Å². The van der Waals surface area contributed by atoms with Crippen LogP contribution in [0, 0.1) is 11.3 Å². The molecular formula is C8HCl3N2O. The zero-order chi connectivity index (χ0) is 10.3. The highest BCUT2D eigenvalue weighted by Gasteiger charge is 2.15. The molecule has 0 radical (unpaired) electrons. The molecule has 0 aliphatic heterocycles. The molecule has 0 fully saturated rings. The Hall–Kier alpha value is -0.950. The van der Waals surface area contributed by atoms with E-state index in [0.29, 0.717) is 5.52 Å². The molecule has 0 unspecified atom stereocenters. The van der Waals surface area contributed by atoms with Gasteiger partial charge in [0.25, 0.3) is 0 Å². The minimum absolute atomic E-state index is 0.0916. The van der Waals surface area contributed by atoms with Crippen LogP contribution in [0.2, 0.25) is 15.1 Å². The van der Waals surface area contributed by atoms with E-state index in [2.05, 4.69) is 4.98 Å². The molecule has 70 valence electrons. The SMILES string of the molecule is N#Cc1nc2c(Cl)c(Cl)cc(Cl)c2o1. The number of fused-ring (bicyclic) bond motifs is 1. The number of aromatic nitrogens is 1. The summed E-state index contributed by atoms with van der Waals surface area (Å²) in [7, 11) is 0. The molecule has 1 aromatic heterocycles. The van der Waals surface area contributed by atoms with Crippen LogP contribution in [0.1, 0.15) is 5.89 Å². The number of benzene rings is 1. The van der Waals surface area contributed by atoms with Gasteiger partial charge in [0.05, 0.1) is 15.1 Å². The van der Waals surface area contributed by atoms with Gasteiger partial charge < -0.3 is 4.42 Å². The Morgan fingerprint density at radius 1 is 1.29 bits per heavy atom. The molecule has 0 bridgehead atoms. The minimum Gasteiger partial charge on any atom is -0.427 e. The van der Waals surface area contributed by atoms with Crippen molar-refractivity contribution in [3.8, 4) is 6.07 Å². The van der Waals surface area contributed by atoms with Gasteiger partial charge in [0.1, 0.15) is 5.52 Å². The fourth-order valence-corrected chi connectivity index (χ4v) is 1.71. The Balaban J connectivity index is 2.93. The van der Waals surface area contributed by atoms with Gasteiger partial charge in [0.15, 0.2) is 11.7 Å². The monoisotopic (exact) mass is 246 g/mol. The lowest BCUT2D eigenvalue weighted by atomic mass is 10.3. The topological polar surface area (TPSA) is 49.8 Å². The predicted octanol–water partition coefficient (Wildman–Crippen LogP) is 3.66. The standard InChI is InChI=1S/C8HCl3N2O/c9-3-1-4(10)8-7(6(3)11)13-5(2-12)14-8/h1H. The number of nitriles is 1. The van der Waals surface area contributed by atoms with E-state index in [9.17, 15) is 0 Å². The van der Waals surface area contributed by atoms with Crippen LogP contribution in [0.3, 0.4) is 0 Å². The molecule has 0 saturated heterocycles. The summed E-state index contributed by atoms with van der Waals surface area (Å²) in [4.78, 5) is 3.82. The lowest BCUT2D eigenvalue weighted by Crippen LogP contribution is -1.75. The van der Waals surface area contributed by atoms with Crippen LogP contribution in [0.4, 0.5) is 0 Å². The van der Waals surface area contributed by atoms with E-state index in [-0.39, 0.29) is 26.5 Å². The summed E-state index contributed by atoms with van der Waals surface area (Å²) in [6.07, 6.45) is 0. The second kappa shape index (κ2) is 3.32. The highest BCUT2D eigenvalue weighted by molar-refractivity contribution is 6.47. The number of oxazole rings is 1. The summed E-state index contributed by atoms with van der Waals surface area (Å²) in [5.74, 6) is -0.0916. The van der Waals surface area contributed by atoms with E-state index in [1.165, 1.54) is 6.07 Å². The van der Waals surface area contributed by atoms with Crippen LogP contribution in [-0.2, 0) is 0 Å². The largest absolute Gasteiger partial charge is 0.427 e. The quantitative estimate of drug-likeness (QED) is 0.668. The predicted molar refractivity (Wildman–Crippen MR) is 53.8 cm³/mol. The molecule has 2 aromatic rings. The zero-order valence-corrected chi connectivity index (χ0v) is 8.78. The van der Waals surface area contributed by atoms with Crippen LogP contribution in [0.15, 0.2) is 10.5 Å². The van der Waals surface area contributed by atoms with Crippen molar-refractivity contribution in [2.45, 2.75) is 0 Å². The van der Waals surface area contributed by atoms with E-state index in [1.54, 1.807) is 6.07 Å². The van der Waals surface area contributed by atoms with Crippen LogP contribution in [0.5, 0.6) is 0 Å². The second-order valence-electron chi connectivity index (χ2n) is 2.46. The van der Waals surface area contributed by atoms with Gasteiger partial charge in [-0.2, -0.15) is 10.2 Å². The first-order valence-electron chi connectivity index (χ1n) is 3.47. The van der Waals surface area contributed by atoms with Gasteiger partial charge in [-0.15, -0.1) is 0 Å². The normalized spacial score (nSPS) is 10.4. The first kappa shape index (κ1) is 9.60. The van der Waals surface area contributed by atoms with E-state index in [1.807, 2.05) is 0 Å². The first-order chi connectivity index (χ1) is 6.63. The lowest BCUT2D eigenvalue weighted by molar-refractivity contribution is 0.584. The first-order valence-corrected chi connectivity index (χ1v) is 4.61. The molecule has 0 amide bonds. The summed E-state index contributed by atoms with van der Waals surface area (Å²) in [6, 6.07) is 3.20. The van der Waals surface area contributed by atoms with Gasteiger partial charge in [0, 0.05) is 0 Å². The summed E-state index contributed by atoms with van der Waals surface area (Å²) in [6.45, 7) is 0. The van der Waals surface area contributed by atoms with E-state index in [0.717, 1.165) is 0 Å². The maximum absolute atomic E-state index is 8.56. The molecule has 0 aliphatic rings. The molecule has 0 atom stereocenters. The van der Waals surface area contributed by atoms with Crippen molar-refractivity contribution in [1.29, 1.82) is 5.26 Å². The van der Waals surface area contributed by atoms with Crippen molar-refractivity contribution in [3.05, 3.63) is 27.0 Å². The Bertz CT molecular complexity index is 556. The second-order valence-corrected chi connectivity index (χ2v) is 3.66. The third-order valence-corrected chi connectivity index (χ3v) is 2.67. The van der Waals surface area contributed by atoms with Gasteiger partial charge in [-0.1, -0.05) is 34.8 Å². The molecular weight excluding hydrogens is 246 g/mol. The summed E-state index contributed by atoms with van der Waals surface area (Å²) in [5, 5.41) is 9.36. The smallest absolute Gasteiger partial charge is 0.301 e. The van der Waals surface area contributed by atoms with Crippen LogP contribution < -0.4 is 0 Å². The maximum Gasteiger partial charge on any atom is 0.301 e. The van der Waals surface area contributed by atoms with Gasteiger partial charge in [-0.05, 0) is 6.07 Å². The van der Waals surface area contributed by atoms with Crippen molar-refractivity contribution in [3.63, 3.8) is 0 Å². The number of rotatable bonds is 0. The molecule has 0 saturated carbocycles. The molecule has 1 aromatic carbocycles. The van der Waals surface area contributed by atoms with Gasteiger partial charge >= 0.3 is 5.89 Å². The summed E-state index contributed by atoms with van der Waals surface area (Å²) >= 11 is 17.4. The van der Waals surface area contributed by atoms with Crippen molar-refractivity contribution in [1.82, 2.24) is 4.98 Å². The Labute approximate surface area is 93.8 Å². The fourth-order valence-electron chi connectivity index (χ4n) is 1.03. The number of hydrogen-bond acceptors (Lipinski definition) is 3. The summed E-state index contributed by atoms with van der Waals surface area (Å²) < 4.78 is 5.04. The van der Waals surface area contributed by atoms with Gasteiger partial charge in [-0.3, -0.25) is 0 Å². The Morgan fingerprint density at radius 3 is 2.64 bits per heavy atom. The average Bonchev–Trinajstić information content (AvgIpc) is 2.58. The molecule has 0 spiro atoms. The van der Waals surface area contributed by atoms with E-state index in [4.69, 9.17) is 44.5 Å². The maximum atomic E-state index is 8.56. The third kappa shape index (κ3) is 1.32. The summed E-state index contributed by atoms with van der Waals surface area (Å²) in [5.41, 5.74) is 0.582. The molecule has 14 heavy (non-hydrogen) atoms. The molecule has 0 N–H and O–H groups in total.